The number of aromatic nitrogens is 1. The Kier molecular flexibility index (Phi) is 5.06. The third kappa shape index (κ3) is 3.76. The Morgan fingerprint density at radius 1 is 1.15 bits per heavy atom. The Morgan fingerprint density at radius 3 is 2.62 bits per heavy atom. The van der Waals surface area contributed by atoms with E-state index in [1.807, 2.05) is 4.98 Å². The molecule has 9 heteroatoms. The lowest BCUT2D eigenvalue weighted by Gasteiger charge is -2.41. The van der Waals surface area contributed by atoms with Gasteiger partial charge in [0, 0.05) is 38.3 Å². The predicted molar refractivity (Wildman–Crippen MR) is 86.6 cm³/mol. The van der Waals surface area contributed by atoms with E-state index in [1.54, 1.807) is 4.90 Å². The van der Waals surface area contributed by atoms with E-state index in [1.165, 1.54) is 4.90 Å². The number of alkyl halides is 3. The molecule has 0 spiro atoms. The molecule has 3 rings (SSSR count). The van der Waals surface area contributed by atoms with E-state index < -0.39 is 28.8 Å². The van der Waals surface area contributed by atoms with Gasteiger partial charge in [0.25, 0.3) is 11.5 Å². The minimum Gasteiger partial charge on any atom is -0.338 e. The molecule has 1 unspecified atom stereocenters. The van der Waals surface area contributed by atoms with Gasteiger partial charge in [0.05, 0.1) is 5.56 Å². The highest BCUT2D eigenvalue weighted by Gasteiger charge is 2.35. The number of hydrogen-bond donors (Lipinski definition) is 1. The monoisotopic (exact) mass is 371 g/mol. The highest BCUT2D eigenvalue weighted by Crippen LogP contribution is 2.29. The average Bonchev–Trinajstić information content (AvgIpc) is 2.61. The van der Waals surface area contributed by atoms with Gasteiger partial charge in [-0.2, -0.15) is 13.2 Å². The molecule has 1 aromatic rings. The zero-order valence-corrected chi connectivity index (χ0v) is 14.1. The topological polar surface area (TPSA) is 73.5 Å². The highest BCUT2D eigenvalue weighted by molar-refractivity contribution is 5.94. The van der Waals surface area contributed by atoms with E-state index in [4.69, 9.17) is 0 Å². The van der Waals surface area contributed by atoms with Gasteiger partial charge in [-0.15, -0.1) is 0 Å². The van der Waals surface area contributed by atoms with Crippen molar-refractivity contribution in [2.75, 3.05) is 19.6 Å². The number of piperidine rings is 2. The summed E-state index contributed by atoms with van der Waals surface area (Å²) in [5.74, 6) is -0.682. The maximum Gasteiger partial charge on any atom is 0.417 e. The van der Waals surface area contributed by atoms with Gasteiger partial charge in [-0.3, -0.25) is 14.4 Å². The first-order valence-corrected chi connectivity index (χ1v) is 8.66. The Balaban J connectivity index is 1.79. The Morgan fingerprint density at radius 2 is 1.92 bits per heavy atom. The summed E-state index contributed by atoms with van der Waals surface area (Å²) in [6, 6.07) is 0.446. The number of halogens is 3. The number of likely N-dealkylation sites (tertiary alicyclic amines) is 2. The summed E-state index contributed by atoms with van der Waals surface area (Å²) in [5, 5.41) is 0. The molecule has 142 valence electrons. The molecule has 6 nitrogen and oxygen atoms in total. The molecular formula is C17H20F3N3O3. The number of pyridine rings is 1. The van der Waals surface area contributed by atoms with Crippen molar-refractivity contribution < 1.29 is 22.8 Å². The summed E-state index contributed by atoms with van der Waals surface area (Å²) < 4.78 is 38.6. The van der Waals surface area contributed by atoms with Gasteiger partial charge >= 0.3 is 6.18 Å². The zero-order chi connectivity index (χ0) is 18.9. The molecule has 0 aliphatic carbocycles. The van der Waals surface area contributed by atoms with Crippen molar-refractivity contribution in [1.82, 2.24) is 14.8 Å². The zero-order valence-electron chi connectivity index (χ0n) is 14.1. The number of nitrogens with one attached hydrogen (secondary N) is 1. The van der Waals surface area contributed by atoms with Crippen LogP contribution in [0.15, 0.2) is 17.1 Å². The fraction of sp³-hybridized carbons (Fsp3) is 0.588. The lowest BCUT2D eigenvalue weighted by molar-refractivity contribution is -0.138. The second-order valence-electron chi connectivity index (χ2n) is 6.72. The number of carbonyl (C=O) groups is 2. The van der Waals surface area contributed by atoms with Gasteiger partial charge < -0.3 is 14.8 Å². The molecule has 3 heterocycles. The third-order valence-corrected chi connectivity index (χ3v) is 4.95. The normalized spacial score (nSPS) is 21.8. The van der Waals surface area contributed by atoms with Crippen molar-refractivity contribution in [2.45, 2.75) is 44.3 Å². The van der Waals surface area contributed by atoms with Crippen LogP contribution in [0.1, 0.15) is 48.0 Å². The number of H-pyrrole nitrogens is 1. The molecule has 2 saturated heterocycles. The second kappa shape index (κ2) is 7.13. The Bertz CT molecular complexity index is 760. The molecule has 1 atom stereocenters. The molecule has 2 aliphatic rings. The van der Waals surface area contributed by atoms with Gasteiger partial charge in [0.2, 0.25) is 5.91 Å². The van der Waals surface area contributed by atoms with Crippen LogP contribution in [-0.4, -0.2) is 52.3 Å². The van der Waals surface area contributed by atoms with Crippen molar-refractivity contribution in [2.24, 2.45) is 0 Å². The standard InChI is InChI=1S/C17H20F3N3O3/c18-17(19,20)11-8-13(15(25)21-9-11)16(26)22-6-3-4-12(10-22)23-7-2-1-5-14(23)24/h8-9,12H,1-7,10H2,(H,21,25). The van der Waals surface area contributed by atoms with Crippen LogP contribution in [0, 0.1) is 0 Å². The van der Waals surface area contributed by atoms with Crippen LogP contribution in [0.2, 0.25) is 0 Å². The van der Waals surface area contributed by atoms with Gasteiger partial charge in [0.15, 0.2) is 0 Å². The van der Waals surface area contributed by atoms with Crippen LogP contribution in [0.5, 0.6) is 0 Å². The largest absolute Gasteiger partial charge is 0.417 e. The molecular weight excluding hydrogens is 351 g/mol. The Hall–Kier alpha value is -2.32. The number of rotatable bonds is 2. The van der Waals surface area contributed by atoms with E-state index in [2.05, 4.69) is 0 Å². The summed E-state index contributed by atoms with van der Waals surface area (Å²) >= 11 is 0. The summed E-state index contributed by atoms with van der Waals surface area (Å²) in [5.41, 5.74) is -2.44. The summed E-state index contributed by atoms with van der Waals surface area (Å²) in [4.78, 5) is 41.7. The number of nitrogens with zero attached hydrogens (tertiary/aromatic N) is 2. The van der Waals surface area contributed by atoms with Gasteiger partial charge in [-0.05, 0) is 31.7 Å². The van der Waals surface area contributed by atoms with Crippen LogP contribution in [0.3, 0.4) is 0 Å². The second-order valence-corrected chi connectivity index (χ2v) is 6.72. The Labute approximate surface area is 148 Å². The van der Waals surface area contributed by atoms with Crippen LogP contribution in [-0.2, 0) is 11.0 Å². The SMILES string of the molecule is O=C(c1cc(C(F)(F)F)c[nH]c1=O)N1CCCC(N2CCCCC2=O)C1. The quantitative estimate of drug-likeness (QED) is 0.864. The number of amides is 2. The molecule has 26 heavy (non-hydrogen) atoms. The van der Waals surface area contributed by atoms with Gasteiger partial charge in [-0.25, -0.2) is 0 Å². The third-order valence-electron chi connectivity index (χ3n) is 4.95. The van der Waals surface area contributed by atoms with E-state index in [0.29, 0.717) is 38.2 Å². The molecule has 0 aromatic carbocycles. The molecule has 2 amide bonds. The lowest BCUT2D eigenvalue weighted by Crippen LogP contribution is -2.53. The van der Waals surface area contributed by atoms with Crippen LogP contribution in [0.25, 0.3) is 0 Å². The molecule has 0 bridgehead atoms. The molecule has 1 aromatic heterocycles. The van der Waals surface area contributed by atoms with E-state index in [-0.39, 0.29) is 18.5 Å². The van der Waals surface area contributed by atoms with E-state index in [0.717, 1.165) is 19.3 Å². The van der Waals surface area contributed by atoms with Crippen molar-refractivity contribution in [3.05, 3.63) is 33.7 Å². The fourth-order valence-corrected chi connectivity index (χ4v) is 3.58. The molecule has 2 fully saturated rings. The lowest BCUT2D eigenvalue weighted by atomic mass is 9.99. The van der Waals surface area contributed by atoms with Crippen molar-refractivity contribution in [1.29, 1.82) is 0 Å². The van der Waals surface area contributed by atoms with Crippen molar-refractivity contribution in [3.8, 4) is 0 Å². The summed E-state index contributed by atoms with van der Waals surface area (Å²) in [6.07, 6.45) is -0.467. The maximum absolute atomic E-state index is 12.9. The van der Waals surface area contributed by atoms with Crippen LogP contribution >= 0.6 is 0 Å². The molecule has 0 radical (unpaired) electrons. The van der Waals surface area contributed by atoms with Crippen molar-refractivity contribution in [3.63, 3.8) is 0 Å². The highest BCUT2D eigenvalue weighted by atomic mass is 19.4. The number of carbonyl (C=O) groups excluding carboxylic acids is 2. The smallest absolute Gasteiger partial charge is 0.338 e. The van der Waals surface area contributed by atoms with Gasteiger partial charge in [0.1, 0.15) is 5.56 Å². The minimum absolute atomic E-state index is 0.0486. The number of aromatic amines is 1. The first kappa shape index (κ1) is 18.5. The molecule has 0 saturated carbocycles. The van der Waals surface area contributed by atoms with Gasteiger partial charge in [-0.1, -0.05) is 0 Å². The molecule has 1 N–H and O–H groups in total. The maximum atomic E-state index is 12.9. The number of hydrogen-bond acceptors (Lipinski definition) is 3. The van der Waals surface area contributed by atoms with Crippen molar-refractivity contribution >= 4 is 11.8 Å². The predicted octanol–water partition coefficient (Wildman–Crippen LogP) is 2.01. The van der Waals surface area contributed by atoms with Crippen LogP contribution in [0.4, 0.5) is 13.2 Å². The summed E-state index contributed by atoms with van der Waals surface area (Å²) in [6.45, 7) is 1.23. The first-order chi connectivity index (χ1) is 12.3. The fourth-order valence-electron chi connectivity index (χ4n) is 3.58. The summed E-state index contributed by atoms with van der Waals surface area (Å²) in [7, 11) is 0. The van der Waals surface area contributed by atoms with Crippen LogP contribution < -0.4 is 5.56 Å². The average molecular weight is 371 g/mol. The minimum atomic E-state index is -4.65. The van der Waals surface area contributed by atoms with E-state index >= 15 is 0 Å². The van der Waals surface area contributed by atoms with E-state index in [9.17, 15) is 27.6 Å². The first-order valence-electron chi connectivity index (χ1n) is 8.66. The molecule has 2 aliphatic heterocycles.